The highest BCUT2D eigenvalue weighted by Crippen LogP contribution is 2.32. The van der Waals surface area contributed by atoms with Crippen molar-refractivity contribution in [3.63, 3.8) is 0 Å². The molecule has 3 heterocycles. The van der Waals surface area contributed by atoms with Gasteiger partial charge in [-0.05, 0) is 29.8 Å². The molecular weight excluding hydrogens is 396 g/mol. The molecule has 8 heteroatoms. The topological polar surface area (TPSA) is 91.4 Å². The number of nitrogens with zero attached hydrogens (tertiary/aromatic N) is 3. The van der Waals surface area contributed by atoms with Crippen molar-refractivity contribution in [2.45, 2.75) is 32.9 Å². The number of rotatable bonds is 6. The Morgan fingerprint density at radius 1 is 1.10 bits per heavy atom. The smallest absolute Gasteiger partial charge is 0.264 e. The second kappa shape index (κ2) is 7.79. The molecule has 31 heavy (non-hydrogen) atoms. The molecule has 0 spiro atoms. The highest BCUT2D eigenvalue weighted by Gasteiger charge is 2.19. The zero-order valence-electron chi connectivity index (χ0n) is 17.3. The molecule has 2 aromatic carbocycles. The number of ether oxygens (including phenoxy) is 2. The van der Waals surface area contributed by atoms with Crippen LogP contribution in [-0.4, -0.2) is 27.5 Å². The molecule has 0 radical (unpaired) electrons. The van der Waals surface area contributed by atoms with E-state index in [1.54, 1.807) is 0 Å². The quantitative estimate of drug-likeness (QED) is 0.511. The molecule has 0 saturated heterocycles. The number of para-hydroxylation sites is 1. The van der Waals surface area contributed by atoms with Crippen molar-refractivity contribution in [3.8, 4) is 23.1 Å². The van der Waals surface area contributed by atoms with Gasteiger partial charge >= 0.3 is 0 Å². The number of hydrogen-bond donors (Lipinski definition) is 1. The highest BCUT2D eigenvalue weighted by molar-refractivity contribution is 5.88. The van der Waals surface area contributed by atoms with E-state index >= 15 is 0 Å². The van der Waals surface area contributed by atoms with Crippen molar-refractivity contribution >= 4 is 16.8 Å². The molecule has 0 saturated carbocycles. The summed E-state index contributed by atoms with van der Waals surface area (Å²) in [6.07, 6.45) is 0. The summed E-state index contributed by atoms with van der Waals surface area (Å²) in [5.74, 6) is 2.40. The molecule has 5 rings (SSSR count). The summed E-state index contributed by atoms with van der Waals surface area (Å²) in [5.41, 5.74) is 2.59. The average Bonchev–Trinajstić information content (AvgIpc) is 3.50. The Bertz CT molecular complexity index is 1260. The minimum Gasteiger partial charge on any atom is -0.454 e. The van der Waals surface area contributed by atoms with Gasteiger partial charge in [0.1, 0.15) is 12.2 Å². The maximum atomic E-state index is 12.8. The Kier molecular flexibility index (Phi) is 4.82. The minimum atomic E-state index is -0.121. The molecule has 0 unspecified atom stereocenters. The van der Waals surface area contributed by atoms with Gasteiger partial charge in [0.05, 0.1) is 0 Å². The maximum absolute atomic E-state index is 12.8. The summed E-state index contributed by atoms with van der Waals surface area (Å²) < 4.78 is 18.5. The van der Waals surface area contributed by atoms with Gasteiger partial charge in [0.2, 0.25) is 18.6 Å². The lowest BCUT2D eigenvalue weighted by Gasteiger charge is -2.10. The molecule has 1 aliphatic heterocycles. The number of fused-ring (bicyclic) bond motifs is 2. The fourth-order valence-electron chi connectivity index (χ4n) is 3.58. The Hall–Kier alpha value is -3.81. The Balaban J connectivity index is 1.38. The second-order valence-corrected chi connectivity index (χ2v) is 7.74. The molecule has 2 aromatic heterocycles. The third kappa shape index (κ3) is 3.72. The van der Waals surface area contributed by atoms with Crippen LogP contribution in [0.25, 0.3) is 22.5 Å². The fraction of sp³-hybridized carbons (Fsp3) is 0.261. The van der Waals surface area contributed by atoms with Gasteiger partial charge in [0.25, 0.3) is 5.89 Å². The van der Waals surface area contributed by atoms with E-state index in [4.69, 9.17) is 13.9 Å². The largest absolute Gasteiger partial charge is 0.454 e. The van der Waals surface area contributed by atoms with Gasteiger partial charge in [0.15, 0.2) is 11.5 Å². The van der Waals surface area contributed by atoms with Crippen LogP contribution in [0.1, 0.15) is 31.2 Å². The molecule has 1 amide bonds. The van der Waals surface area contributed by atoms with Crippen LogP contribution in [0, 0.1) is 0 Å². The number of benzene rings is 2. The number of amides is 1. The zero-order chi connectivity index (χ0) is 21.4. The molecule has 4 aromatic rings. The summed E-state index contributed by atoms with van der Waals surface area (Å²) in [7, 11) is 0. The van der Waals surface area contributed by atoms with Crippen LogP contribution in [0.2, 0.25) is 0 Å². The summed E-state index contributed by atoms with van der Waals surface area (Å²) >= 11 is 0. The normalized spacial score (nSPS) is 12.6. The predicted octanol–water partition coefficient (Wildman–Crippen LogP) is 3.86. The number of carbonyl (C=O) groups is 1. The maximum Gasteiger partial charge on any atom is 0.264 e. The first-order valence-corrected chi connectivity index (χ1v) is 10.2. The lowest BCUT2D eigenvalue weighted by atomic mass is 10.2. The van der Waals surface area contributed by atoms with E-state index in [2.05, 4.69) is 15.5 Å². The molecule has 0 aliphatic carbocycles. The van der Waals surface area contributed by atoms with Crippen LogP contribution >= 0.6 is 0 Å². The molecule has 0 atom stereocenters. The first-order chi connectivity index (χ1) is 15.1. The number of carbonyl (C=O) groups excluding carboxylic acids is 1. The highest BCUT2D eigenvalue weighted by atomic mass is 16.7. The van der Waals surface area contributed by atoms with Gasteiger partial charge in [-0.1, -0.05) is 38.1 Å². The van der Waals surface area contributed by atoms with Gasteiger partial charge in [0, 0.05) is 23.4 Å². The monoisotopic (exact) mass is 418 g/mol. The molecule has 0 bridgehead atoms. The third-order valence-electron chi connectivity index (χ3n) is 5.19. The molecule has 1 N–H and O–H groups in total. The van der Waals surface area contributed by atoms with Crippen molar-refractivity contribution in [1.29, 1.82) is 0 Å². The SMILES string of the molecule is CC(C)c1nnc(-c2cc3ccccc3n2CC(=O)NCc2ccc3c(c2)OCO3)o1. The Morgan fingerprint density at radius 3 is 2.77 bits per heavy atom. The van der Waals surface area contributed by atoms with Crippen molar-refractivity contribution in [2.75, 3.05) is 6.79 Å². The van der Waals surface area contributed by atoms with Crippen LogP contribution in [0.4, 0.5) is 0 Å². The standard InChI is InChI=1S/C23H22N4O4/c1-14(2)22-25-26-23(31-22)18-10-16-5-3-4-6-17(16)27(18)12-21(28)24-11-15-7-8-19-20(9-15)30-13-29-19/h3-10,14H,11-13H2,1-2H3,(H,24,28). The number of hydrogen-bond acceptors (Lipinski definition) is 6. The van der Waals surface area contributed by atoms with Crippen molar-refractivity contribution < 1.29 is 18.7 Å². The molecule has 1 aliphatic rings. The van der Waals surface area contributed by atoms with E-state index in [0.717, 1.165) is 27.9 Å². The van der Waals surface area contributed by atoms with Crippen LogP contribution in [-0.2, 0) is 17.9 Å². The first-order valence-electron chi connectivity index (χ1n) is 10.2. The van der Waals surface area contributed by atoms with E-state index in [-0.39, 0.29) is 25.2 Å². The van der Waals surface area contributed by atoms with Crippen LogP contribution in [0.3, 0.4) is 0 Å². The van der Waals surface area contributed by atoms with E-state index in [0.29, 0.717) is 24.1 Å². The van der Waals surface area contributed by atoms with Gasteiger partial charge in [-0.25, -0.2) is 0 Å². The van der Waals surface area contributed by atoms with E-state index in [1.807, 2.05) is 66.9 Å². The summed E-state index contributed by atoms with van der Waals surface area (Å²) in [4.78, 5) is 12.8. The van der Waals surface area contributed by atoms with Crippen LogP contribution in [0.5, 0.6) is 11.5 Å². The van der Waals surface area contributed by atoms with Gasteiger partial charge in [-0.15, -0.1) is 10.2 Å². The number of nitrogens with one attached hydrogen (secondary N) is 1. The average molecular weight is 418 g/mol. The molecule has 8 nitrogen and oxygen atoms in total. The van der Waals surface area contributed by atoms with Gasteiger partial charge in [-0.2, -0.15) is 0 Å². The van der Waals surface area contributed by atoms with E-state index in [1.165, 1.54) is 0 Å². The van der Waals surface area contributed by atoms with Crippen molar-refractivity contribution in [3.05, 3.63) is 60.0 Å². The van der Waals surface area contributed by atoms with E-state index in [9.17, 15) is 4.79 Å². The Morgan fingerprint density at radius 2 is 1.94 bits per heavy atom. The molecular formula is C23H22N4O4. The van der Waals surface area contributed by atoms with E-state index < -0.39 is 0 Å². The zero-order valence-corrected chi connectivity index (χ0v) is 17.3. The second-order valence-electron chi connectivity index (χ2n) is 7.74. The van der Waals surface area contributed by atoms with Crippen LogP contribution < -0.4 is 14.8 Å². The molecule has 0 fully saturated rings. The summed E-state index contributed by atoms with van der Waals surface area (Å²) in [6, 6.07) is 15.5. The minimum absolute atomic E-state index is 0.121. The lowest BCUT2D eigenvalue weighted by Crippen LogP contribution is -2.27. The van der Waals surface area contributed by atoms with Gasteiger partial charge < -0.3 is 23.8 Å². The fourth-order valence-corrected chi connectivity index (χ4v) is 3.58. The van der Waals surface area contributed by atoms with Gasteiger partial charge in [-0.3, -0.25) is 4.79 Å². The summed E-state index contributed by atoms with van der Waals surface area (Å²) in [5, 5.41) is 12.3. The first kappa shape index (κ1) is 19.2. The number of aromatic nitrogens is 3. The Labute approximate surface area is 178 Å². The predicted molar refractivity (Wildman–Crippen MR) is 114 cm³/mol. The lowest BCUT2D eigenvalue weighted by molar-refractivity contribution is -0.121. The van der Waals surface area contributed by atoms with Crippen molar-refractivity contribution in [1.82, 2.24) is 20.1 Å². The third-order valence-corrected chi connectivity index (χ3v) is 5.19. The summed E-state index contributed by atoms with van der Waals surface area (Å²) in [6.45, 7) is 4.74. The van der Waals surface area contributed by atoms with Crippen LogP contribution in [0.15, 0.2) is 52.9 Å². The van der Waals surface area contributed by atoms with Crippen molar-refractivity contribution in [2.24, 2.45) is 0 Å². The molecule has 158 valence electrons.